The van der Waals surface area contributed by atoms with Crippen LogP contribution in [0.3, 0.4) is 0 Å². The molecular weight excluding hydrogens is 212 g/mol. The van der Waals surface area contributed by atoms with Crippen LogP contribution in [0.5, 0.6) is 0 Å². The lowest BCUT2D eigenvalue weighted by molar-refractivity contribution is 0.1000. The van der Waals surface area contributed by atoms with Crippen LogP contribution in [0, 0.1) is 18.8 Å². The Morgan fingerprint density at radius 2 is 2.24 bits per heavy atom. The molecular formula is C14H18N2O. The molecule has 0 aliphatic carbocycles. The van der Waals surface area contributed by atoms with Gasteiger partial charge in [0.05, 0.1) is 0 Å². The molecule has 0 atom stereocenters. The summed E-state index contributed by atoms with van der Waals surface area (Å²) in [5.74, 6) is 5.47. The van der Waals surface area contributed by atoms with Gasteiger partial charge >= 0.3 is 0 Å². The van der Waals surface area contributed by atoms with Gasteiger partial charge in [0.15, 0.2) is 0 Å². The number of rotatable bonds is 5. The summed E-state index contributed by atoms with van der Waals surface area (Å²) in [4.78, 5) is 11.0. The summed E-state index contributed by atoms with van der Waals surface area (Å²) in [6.07, 6.45) is 0.856. The van der Waals surface area contributed by atoms with Crippen molar-refractivity contribution in [2.24, 2.45) is 5.73 Å². The van der Waals surface area contributed by atoms with Gasteiger partial charge in [0.1, 0.15) is 0 Å². The van der Waals surface area contributed by atoms with Crippen LogP contribution in [0.4, 0.5) is 0 Å². The van der Waals surface area contributed by atoms with Gasteiger partial charge in [-0.15, -0.1) is 11.8 Å². The molecule has 0 spiro atoms. The standard InChI is InChI=1S/C14H18N2O/c1-3-4-5-8-16-10-13-7-6-12(14(15)17)9-11(13)2/h6-7,9,16H,5,8,10H2,1-2H3,(H2,15,17). The molecule has 1 rings (SSSR count). The van der Waals surface area contributed by atoms with Crippen LogP contribution in [0.2, 0.25) is 0 Å². The van der Waals surface area contributed by atoms with E-state index in [4.69, 9.17) is 5.73 Å². The van der Waals surface area contributed by atoms with Crippen molar-refractivity contribution in [1.82, 2.24) is 5.32 Å². The fraction of sp³-hybridized carbons (Fsp3) is 0.357. The number of primary amides is 1. The van der Waals surface area contributed by atoms with Gasteiger partial charge in [-0.2, -0.15) is 0 Å². The van der Waals surface area contributed by atoms with Gasteiger partial charge in [-0.1, -0.05) is 6.07 Å². The van der Waals surface area contributed by atoms with Crippen molar-refractivity contribution < 1.29 is 4.79 Å². The molecule has 1 aromatic carbocycles. The number of hydrogen-bond acceptors (Lipinski definition) is 2. The number of nitrogens with two attached hydrogens (primary N) is 1. The quantitative estimate of drug-likeness (QED) is 0.596. The maximum absolute atomic E-state index is 11.0. The number of benzene rings is 1. The molecule has 90 valence electrons. The molecule has 0 unspecified atom stereocenters. The largest absolute Gasteiger partial charge is 0.366 e. The van der Waals surface area contributed by atoms with Crippen molar-refractivity contribution in [2.45, 2.75) is 26.8 Å². The summed E-state index contributed by atoms with van der Waals surface area (Å²) < 4.78 is 0. The molecule has 1 aromatic rings. The van der Waals surface area contributed by atoms with Gasteiger partial charge in [-0.25, -0.2) is 0 Å². The van der Waals surface area contributed by atoms with Crippen molar-refractivity contribution in [3.05, 3.63) is 34.9 Å². The predicted octanol–water partition coefficient (Wildman–Crippen LogP) is 1.60. The highest BCUT2D eigenvalue weighted by Crippen LogP contribution is 2.10. The highest BCUT2D eigenvalue weighted by atomic mass is 16.1. The van der Waals surface area contributed by atoms with E-state index in [2.05, 4.69) is 17.2 Å². The Balaban J connectivity index is 2.53. The third-order valence-electron chi connectivity index (χ3n) is 2.55. The van der Waals surface area contributed by atoms with Crippen molar-refractivity contribution in [1.29, 1.82) is 0 Å². The molecule has 0 radical (unpaired) electrons. The normalized spacial score (nSPS) is 9.53. The fourth-order valence-electron chi connectivity index (χ4n) is 1.55. The van der Waals surface area contributed by atoms with Crippen LogP contribution in [0.25, 0.3) is 0 Å². The summed E-state index contributed by atoms with van der Waals surface area (Å²) in [5, 5.41) is 3.31. The molecule has 0 aliphatic rings. The average Bonchev–Trinajstić information content (AvgIpc) is 2.30. The molecule has 0 fully saturated rings. The minimum absolute atomic E-state index is 0.383. The zero-order valence-electron chi connectivity index (χ0n) is 10.3. The number of nitrogens with one attached hydrogen (secondary N) is 1. The van der Waals surface area contributed by atoms with Crippen LogP contribution < -0.4 is 11.1 Å². The van der Waals surface area contributed by atoms with Crippen LogP contribution in [0.1, 0.15) is 34.8 Å². The van der Waals surface area contributed by atoms with Gasteiger partial charge in [0.25, 0.3) is 0 Å². The summed E-state index contributed by atoms with van der Waals surface area (Å²) in [6, 6.07) is 5.53. The zero-order chi connectivity index (χ0) is 12.7. The zero-order valence-corrected chi connectivity index (χ0v) is 10.3. The first-order valence-corrected chi connectivity index (χ1v) is 5.65. The Morgan fingerprint density at radius 3 is 2.82 bits per heavy atom. The molecule has 0 bridgehead atoms. The third-order valence-corrected chi connectivity index (χ3v) is 2.55. The number of carbonyl (C=O) groups is 1. The second-order valence-corrected chi connectivity index (χ2v) is 3.86. The lowest BCUT2D eigenvalue weighted by atomic mass is 10.0. The molecule has 3 nitrogen and oxygen atoms in total. The van der Waals surface area contributed by atoms with E-state index in [1.165, 1.54) is 5.56 Å². The Kier molecular flexibility index (Phi) is 5.25. The molecule has 0 aromatic heterocycles. The highest BCUT2D eigenvalue weighted by molar-refractivity contribution is 5.93. The van der Waals surface area contributed by atoms with Crippen molar-refractivity contribution in [3.63, 3.8) is 0 Å². The maximum atomic E-state index is 11.0. The minimum atomic E-state index is -0.383. The number of aryl methyl sites for hydroxylation is 1. The Hall–Kier alpha value is -1.79. The van der Waals surface area contributed by atoms with E-state index in [9.17, 15) is 4.79 Å². The first-order chi connectivity index (χ1) is 8.15. The van der Waals surface area contributed by atoms with E-state index in [1.54, 1.807) is 6.07 Å². The van der Waals surface area contributed by atoms with E-state index >= 15 is 0 Å². The van der Waals surface area contributed by atoms with Crippen molar-refractivity contribution in [2.75, 3.05) is 6.54 Å². The summed E-state index contributed by atoms with van der Waals surface area (Å²) in [7, 11) is 0. The van der Waals surface area contributed by atoms with E-state index in [0.29, 0.717) is 5.56 Å². The molecule has 0 aliphatic heterocycles. The van der Waals surface area contributed by atoms with Crippen molar-refractivity contribution >= 4 is 5.91 Å². The fourth-order valence-corrected chi connectivity index (χ4v) is 1.55. The van der Waals surface area contributed by atoms with Crippen LogP contribution in [-0.4, -0.2) is 12.5 Å². The molecule has 0 heterocycles. The Labute approximate surface area is 102 Å². The van der Waals surface area contributed by atoms with Crippen LogP contribution >= 0.6 is 0 Å². The first-order valence-electron chi connectivity index (χ1n) is 5.65. The Bertz CT molecular complexity index is 455. The van der Waals surface area contributed by atoms with Crippen molar-refractivity contribution in [3.8, 4) is 11.8 Å². The summed E-state index contributed by atoms with van der Waals surface area (Å²) in [5.41, 5.74) is 8.04. The molecule has 1 amide bonds. The van der Waals surface area contributed by atoms with Gasteiger partial charge < -0.3 is 11.1 Å². The second-order valence-electron chi connectivity index (χ2n) is 3.86. The van der Waals surface area contributed by atoms with E-state index in [-0.39, 0.29) is 5.91 Å². The van der Waals surface area contributed by atoms with Gasteiger partial charge in [-0.3, -0.25) is 4.79 Å². The van der Waals surface area contributed by atoms with E-state index < -0.39 is 0 Å². The number of hydrogen-bond donors (Lipinski definition) is 2. The van der Waals surface area contributed by atoms with Gasteiger partial charge in [0, 0.05) is 25.1 Å². The maximum Gasteiger partial charge on any atom is 0.248 e. The average molecular weight is 230 g/mol. The van der Waals surface area contributed by atoms with E-state index in [1.807, 2.05) is 26.0 Å². The SMILES string of the molecule is CC#CCCNCc1ccc(C(N)=O)cc1C. The smallest absolute Gasteiger partial charge is 0.248 e. The van der Waals surface area contributed by atoms with E-state index in [0.717, 1.165) is 25.1 Å². The van der Waals surface area contributed by atoms with Crippen LogP contribution in [0.15, 0.2) is 18.2 Å². The molecule has 3 heteroatoms. The molecule has 17 heavy (non-hydrogen) atoms. The topological polar surface area (TPSA) is 55.1 Å². The molecule has 3 N–H and O–H groups in total. The van der Waals surface area contributed by atoms with Gasteiger partial charge in [0.2, 0.25) is 5.91 Å². The molecule has 0 saturated carbocycles. The van der Waals surface area contributed by atoms with Gasteiger partial charge in [-0.05, 0) is 37.1 Å². The predicted molar refractivity (Wildman–Crippen MR) is 69.5 cm³/mol. The number of amides is 1. The second kappa shape index (κ2) is 6.72. The minimum Gasteiger partial charge on any atom is -0.366 e. The lowest BCUT2D eigenvalue weighted by Gasteiger charge is -2.07. The number of carbonyl (C=O) groups excluding carboxylic acids is 1. The molecule has 0 saturated heterocycles. The monoisotopic (exact) mass is 230 g/mol. The highest BCUT2D eigenvalue weighted by Gasteiger charge is 2.03. The van der Waals surface area contributed by atoms with Crippen LogP contribution in [-0.2, 0) is 6.54 Å². The third kappa shape index (κ3) is 4.29. The summed E-state index contributed by atoms with van der Waals surface area (Å²) in [6.45, 7) is 5.48. The summed E-state index contributed by atoms with van der Waals surface area (Å²) >= 11 is 0. The Morgan fingerprint density at radius 1 is 1.47 bits per heavy atom. The first kappa shape index (κ1) is 13.3. The lowest BCUT2D eigenvalue weighted by Crippen LogP contribution is -2.16.